The molecule has 4 nitrogen and oxygen atoms in total. The molecule has 0 N–H and O–H groups in total. The maximum absolute atomic E-state index is 12.4. The number of esters is 2. The van der Waals surface area contributed by atoms with Crippen LogP contribution in [0.25, 0.3) is 0 Å². The fourth-order valence-corrected chi connectivity index (χ4v) is 4.76. The van der Waals surface area contributed by atoms with Crippen molar-refractivity contribution in [2.75, 3.05) is 14.2 Å². The Bertz CT molecular complexity index is 394. The van der Waals surface area contributed by atoms with E-state index in [0.717, 1.165) is 19.3 Å². The minimum atomic E-state index is -0.163. The van der Waals surface area contributed by atoms with Gasteiger partial charge in [0.15, 0.2) is 0 Å². The maximum atomic E-state index is 12.4. The summed E-state index contributed by atoms with van der Waals surface area (Å²) in [6.07, 6.45) is 13.5. The molecule has 0 unspecified atom stereocenters. The summed E-state index contributed by atoms with van der Waals surface area (Å²) < 4.78 is 10.1. The number of carbonyl (C=O) groups excluding carboxylic acids is 2. The molecule has 4 heteroatoms. The van der Waals surface area contributed by atoms with E-state index in [0.29, 0.717) is 18.3 Å². The van der Waals surface area contributed by atoms with E-state index < -0.39 is 0 Å². The van der Waals surface area contributed by atoms with Crippen LogP contribution in [0, 0.1) is 23.7 Å². The molecule has 0 spiro atoms. The van der Waals surface area contributed by atoms with Crippen molar-refractivity contribution in [3.05, 3.63) is 0 Å². The lowest BCUT2D eigenvalue weighted by atomic mass is 9.73. The summed E-state index contributed by atoms with van der Waals surface area (Å²) in [5.74, 6) is 0.370. The van der Waals surface area contributed by atoms with Crippen LogP contribution in [0.1, 0.15) is 77.0 Å². The molecule has 0 aromatic carbocycles. The molecule has 0 saturated heterocycles. The molecule has 0 aliphatic heterocycles. The Morgan fingerprint density at radius 1 is 0.833 bits per heavy atom. The average Bonchev–Trinajstić information content (AvgIpc) is 2.65. The quantitative estimate of drug-likeness (QED) is 0.641. The van der Waals surface area contributed by atoms with Gasteiger partial charge in [-0.2, -0.15) is 0 Å². The lowest BCUT2D eigenvalue weighted by molar-refractivity contribution is -0.152. The van der Waals surface area contributed by atoms with Crippen LogP contribution in [-0.2, 0) is 19.1 Å². The highest BCUT2D eigenvalue weighted by atomic mass is 16.5. The Hall–Kier alpha value is -1.06. The molecule has 0 amide bonds. The zero-order valence-corrected chi connectivity index (χ0v) is 15.4. The van der Waals surface area contributed by atoms with E-state index in [4.69, 9.17) is 9.47 Å². The smallest absolute Gasteiger partial charge is 0.308 e. The van der Waals surface area contributed by atoms with E-state index in [-0.39, 0.29) is 23.8 Å². The highest BCUT2D eigenvalue weighted by molar-refractivity contribution is 5.76. The molecule has 0 bridgehead atoms. The molecule has 2 aliphatic carbocycles. The Morgan fingerprint density at radius 3 is 1.92 bits per heavy atom. The predicted molar refractivity (Wildman–Crippen MR) is 93.4 cm³/mol. The van der Waals surface area contributed by atoms with E-state index >= 15 is 0 Å². The van der Waals surface area contributed by atoms with Crippen LogP contribution < -0.4 is 0 Å². The van der Waals surface area contributed by atoms with Gasteiger partial charge in [0.1, 0.15) is 0 Å². The molecule has 0 heterocycles. The highest BCUT2D eigenvalue weighted by Gasteiger charge is 2.36. The number of hydrogen-bond donors (Lipinski definition) is 0. The normalized spacial score (nSPS) is 22.6. The third kappa shape index (κ3) is 5.49. The topological polar surface area (TPSA) is 52.6 Å². The fourth-order valence-electron chi connectivity index (χ4n) is 4.76. The van der Waals surface area contributed by atoms with Crippen LogP contribution >= 0.6 is 0 Å². The molecule has 0 radical (unpaired) electrons. The number of rotatable bonds is 7. The first kappa shape index (κ1) is 19.3. The summed E-state index contributed by atoms with van der Waals surface area (Å²) in [6.45, 7) is 0. The van der Waals surface area contributed by atoms with Crippen molar-refractivity contribution < 1.29 is 19.1 Å². The van der Waals surface area contributed by atoms with Gasteiger partial charge in [0.05, 0.1) is 26.1 Å². The zero-order valence-electron chi connectivity index (χ0n) is 15.4. The third-order valence-corrected chi connectivity index (χ3v) is 6.14. The average molecular weight is 338 g/mol. The molecule has 24 heavy (non-hydrogen) atoms. The number of methoxy groups -OCH3 is 2. The molecular formula is C20H34O4. The monoisotopic (exact) mass is 338 g/mol. The van der Waals surface area contributed by atoms with Crippen molar-refractivity contribution in [3.63, 3.8) is 0 Å². The van der Waals surface area contributed by atoms with Crippen molar-refractivity contribution in [2.24, 2.45) is 23.7 Å². The van der Waals surface area contributed by atoms with Gasteiger partial charge in [-0.15, -0.1) is 0 Å². The van der Waals surface area contributed by atoms with Gasteiger partial charge >= 0.3 is 11.9 Å². The second kappa shape index (κ2) is 10.0. The second-order valence-corrected chi connectivity index (χ2v) is 7.72. The predicted octanol–water partition coefficient (Wildman–Crippen LogP) is 4.51. The molecule has 2 atom stereocenters. The van der Waals surface area contributed by atoms with Crippen LogP contribution in [0.3, 0.4) is 0 Å². The summed E-state index contributed by atoms with van der Waals surface area (Å²) in [6, 6.07) is 0. The van der Waals surface area contributed by atoms with Crippen LogP contribution in [0.4, 0.5) is 0 Å². The summed E-state index contributed by atoms with van der Waals surface area (Å²) in [5.41, 5.74) is 0. The molecule has 2 saturated carbocycles. The molecule has 0 aromatic rings. The zero-order chi connectivity index (χ0) is 17.4. The van der Waals surface area contributed by atoms with E-state index in [9.17, 15) is 9.59 Å². The third-order valence-electron chi connectivity index (χ3n) is 6.14. The van der Waals surface area contributed by atoms with E-state index in [2.05, 4.69) is 0 Å². The van der Waals surface area contributed by atoms with Gasteiger partial charge in [0, 0.05) is 0 Å². The lowest BCUT2D eigenvalue weighted by Crippen LogP contribution is -2.32. The van der Waals surface area contributed by atoms with Crippen LogP contribution in [0.2, 0.25) is 0 Å². The molecule has 2 aliphatic rings. The molecular weight excluding hydrogens is 304 g/mol. The first-order chi connectivity index (χ1) is 11.7. The lowest BCUT2D eigenvalue weighted by Gasteiger charge is -2.32. The highest BCUT2D eigenvalue weighted by Crippen LogP contribution is 2.37. The van der Waals surface area contributed by atoms with Crippen molar-refractivity contribution in [1.82, 2.24) is 0 Å². The SMILES string of the molecule is COC(=O)[C@H](CC1CCCCC1)C[C@H](C(=O)OC)C1CCCCC1. The Morgan fingerprint density at radius 2 is 1.38 bits per heavy atom. The molecule has 138 valence electrons. The van der Waals surface area contributed by atoms with Crippen LogP contribution in [0.5, 0.6) is 0 Å². The van der Waals surface area contributed by atoms with Crippen molar-refractivity contribution in [3.8, 4) is 0 Å². The van der Waals surface area contributed by atoms with Crippen LogP contribution in [0.15, 0.2) is 0 Å². The Balaban J connectivity index is 2.04. The van der Waals surface area contributed by atoms with Gasteiger partial charge in [-0.1, -0.05) is 51.4 Å². The van der Waals surface area contributed by atoms with Crippen molar-refractivity contribution >= 4 is 11.9 Å². The minimum Gasteiger partial charge on any atom is -0.469 e. The van der Waals surface area contributed by atoms with Crippen LogP contribution in [-0.4, -0.2) is 26.2 Å². The summed E-state index contributed by atoms with van der Waals surface area (Å²) in [7, 11) is 2.93. The van der Waals surface area contributed by atoms with Gasteiger partial charge in [-0.3, -0.25) is 9.59 Å². The molecule has 2 fully saturated rings. The standard InChI is InChI=1S/C20H34O4/c1-23-19(21)17(13-15-9-5-3-6-10-15)14-18(20(22)24-2)16-11-7-4-8-12-16/h15-18H,3-14H2,1-2H3/t17-,18+/m1/s1. The minimum absolute atomic E-state index is 0.139. The van der Waals surface area contributed by atoms with Gasteiger partial charge < -0.3 is 9.47 Å². The van der Waals surface area contributed by atoms with E-state index in [1.807, 2.05) is 0 Å². The summed E-state index contributed by atoms with van der Waals surface area (Å²) >= 11 is 0. The van der Waals surface area contributed by atoms with Gasteiger partial charge in [-0.25, -0.2) is 0 Å². The molecule has 0 aromatic heterocycles. The summed E-state index contributed by atoms with van der Waals surface area (Å²) in [5, 5.41) is 0. The van der Waals surface area contributed by atoms with Crippen molar-refractivity contribution in [1.29, 1.82) is 0 Å². The van der Waals surface area contributed by atoms with Gasteiger partial charge in [0.25, 0.3) is 0 Å². The fraction of sp³-hybridized carbons (Fsp3) is 0.900. The Kier molecular flexibility index (Phi) is 8.07. The van der Waals surface area contributed by atoms with Gasteiger partial charge in [-0.05, 0) is 37.5 Å². The number of carbonyl (C=O) groups is 2. The summed E-state index contributed by atoms with van der Waals surface area (Å²) in [4.78, 5) is 24.7. The van der Waals surface area contributed by atoms with E-state index in [1.54, 1.807) is 0 Å². The second-order valence-electron chi connectivity index (χ2n) is 7.72. The number of hydrogen-bond acceptors (Lipinski definition) is 4. The van der Waals surface area contributed by atoms with E-state index in [1.165, 1.54) is 65.6 Å². The molecule has 2 rings (SSSR count). The first-order valence-electron chi connectivity index (χ1n) is 9.81. The largest absolute Gasteiger partial charge is 0.469 e. The maximum Gasteiger partial charge on any atom is 0.308 e. The first-order valence-corrected chi connectivity index (χ1v) is 9.81. The van der Waals surface area contributed by atoms with Crippen molar-refractivity contribution in [2.45, 2.75) is 77.0 Å². The number of ether oxygens (including phenoxy) is 2. The van der Waals surface area contributed by atoms with Gasteiger partial charge in [0.2, 0.25) is 0 Å². The Labute approximate surface area is 146 Å².